The molecular formula is C10H15NO4. The van der Waals surface area contributed by atoms with Crippen LogP contribution in [-0.4, -0.2) is 41.3 Å². The van der Waals surface area contributed by atoms with Crippen LogP contribution in [0.25, 0.3) is 0 Å². The molecule has 15 heavy (non-hydrogen) atoms. The molecule has 1 aliphatic heterocycles. The van der Waals surface area contributed by atoms with Crippen LogP contribution >= 0.6 is 0 Å². The van der Waals surface area contributed by atoms with E-state index < -0.39 is 17.6 Å². The Hall–Kier alpha value is -1.52. The van der Waals surface area contributed by atoms with E-state index in [2.05, 4.69) is 11.3 Å². The number of amides is 1. The second-order valence-electron chi connectivity index (χ2n) is 3.55. The summed E-state index contributed by atoms with van der Waals surface area (Å²) >= 11 is 0. The van der Waals surface area contributed by atoms with E-state index in [0.29, 0.717) is 25.8 Å². The molecule has 1 amide bonds. The fourth-order valence-corrected chi connectivity index (χ4v) is 2.09. The van der Waals surface area contributed by atoms with E-state index >= 15 is 0 Å². The third-order valence-electron chi connectivity index (χ3n) is 2.77. The van der Waals surface area contributed by atoms with E-state index in [1.54, 1.807) is 6.08 Å². The highest BCUT2D eigenvalue weighted by atomic mass is 16.5. The zero-order chi connectivity index (χ0) is 11.5. The fourth-order valence-electron chi connectivity index (χ4n) is 2.09. The van der Waals surface area contributed by atoms with Crippen LogP contribution in [0.4, 0.5) is 4.79 Å². The predicted molar refractivity (Wildman–Crippen MR) is 53.5 cm³/mol. The Morgan fingerprint density at radius 1 is 1.67 bits per heavy atom. The third kappa shape index (κ3) is 1.82. The van der Waals surface area contributed by atoms with E-state index in [4.69, 9.17) is 5.11 Å². The van der Waals surface area contributed by atoms with Crippen molar-refractivity contribution in [2.45, 2.75) is 24.8 Å². The first kappa shape index (κ1) is 11.6. The van der Waals surface area contributed by atoms with Crippen LogP contribution in [0.1, 0.15) is 19.3 Å². The number of hydrogen-bond donors (Lipinski definition) is 1. The molecule has 1 fully saturated rings. The average Bonchev–Trinajstić information content (AvgIpc) is 2.62. The lowest BCUT2D eigenvalue weighted by Crippen LogP contribution is -2.52. The monoisotopic (exact) mass is 213 g/mol. The van der Waals surface area contributed by atoms with Crippen molar-refractivity contribution in [1.29, 1.82) is 0 Å². The number of esters is 1. The number of rotatable bonds is 3. The predicted octanol–water partition coefficient (Wildman–Crippen LogP) is 1.25. The molecule has 1 N–H and O–H groups in total. The molecule has 1 rings (SSSR count). The number of methoxy groups -OCH3 is 1. The second kappa shape index (κ2) is 4.33. The molecule has 1 unspecified atom stereocenters. The largest absolute Gasteiger partial charge is 0.467 e. The molecule has 0 aromatic heterocycles. The molecule has 1 atom stereocenters. The highest BCUT2D eigenvalue weighted by Crippen LogP contribution is 2.34. The number of ether oxygens (including phenoxy) is 1. The normalized spacial score (nSPS) is 25.0. The maximum Gasteiger partial charge on any atom is 0.408 e. The summed E-state index contributed by atoms with van der Waals surface area (Å²) in [5, 5.41) is 9.00. The molecule has 1 aliphatic rings. The van der Waals surface area contributed by atoms with Gasteiger partial charge in [0.2, 0.25) is 0 Å². The SMILES string of the molecule is C=CCC1(C(=O)OC)CCCN1C(=O)O. The minimum Gasteiger partial charge on any atom is -0.467 e. The Kier molecular flexibility index (Phi) is 3.34. The molecule has 0 radical (unpaired) electrons. The summed E-state index contributed by atoms with van der Waals surface area (Å²) in [6.07, 6.45) is 1.94. The molecule has 0 saturated carbocycles. The van der Waals surface area contributed by atoms with Gasteiger partial charge in [-0.3, -0.25) is 4.90 Å². The molecule has 0 aromatic carbocycles. The third-order valence-corrected chi connectivity index (χ3v) is 2.77. The summed E-state index contributed by atoms with van der Waals surface area (Å²) in [5.74, 6) is -0.498. The van der Waals surface area contributed by atoms with Gasteiger partial charge in [-0.2, -0.15) is 0 Å². The number of carbonyl (C=O) groups excluding carboxylic acids is 1. The van der Waals surface area contributed by atoms with E-state index in [1.165, 1.54) is 7.11 Å². The highest BCUT2D eigenvalue weighted by molar-refractivity contribution is 5.86. The van der Waals surface area contributed by atoms with Crippen LogP contribution in [0.2, 0.25) is 0 Å². The lowest BCUT2D eigenvalue weighted by atomic mass is 9.92. The number of likely N-dealkylation sites (tertiary alicyclic amines) is 1. The van der Waals surface area contributed by atoms with Gasteiger partial charge in [0, 0.05) is 6.54 Å². The Morgan fingerprint density at radius 3 is 2.80 bits per heavy atom. The van der Waals surface area contributed by atoms with E-state index in [9.17, 15) is 9.59 Å². The van der Waals surface area contributed by atoms with E-state index in [1.807, 2.05) is 0 Å². The van der Waals surface area contributed by atoms with Crippen molar-refractivity contribution in [1.82, 2.24) is 4.90 Å². The zero-order valence-corrected chi connectivity index (χ0v) is 8.73. The van der Waals surface area contributed by atoms with Gasteiger partial charge in [-0.15, -0.1) is 6.58 Å². The standard InChI is InChI=1S/C10H15NO4/c1-3-5-10(8(12)15-2)6-4-7-11(10)9(13)14/h3H,1,4-7H2,2H3,(H,13,14). The van der Waals surface area contributed by atoms with Gasteiger partial charge >= 0.3 is 12.1 Å². The average molecular weight is 213 g/mol. The second-order valence-corrected chi connectivity index (χ2v) is 3.55. The fraction of sp³-hybridized carbons (Fsp3) is 0.600. The molecule has 1 saturated heterocycles. The lowest BCUT2D eigenvalue weighted by molar-refractivity contribution is -0.152. The van der Waals surface area contributed by atoms with Gasteiger partial charge < -0.3 is 9.84 Å². The van der Waals surface area contributed by atoms with Gasteiger partial charge in [-0.25, -0.2) is 9.59 Å². The van der Waals surface area contributed by atoms with Crippen LogP contribution in [0.5, 0.6) is 0 Å². The topological polar surface area (TPSA) is 66.8 Å². The van der Waals surface area contributed by atoms with Crippen LogP contribution in [0.15, 0.2) is 12.7 Å². The molecule has 84 valence electrons. The summed E-state index contributed by atoms with van der Waals surface area (Å²) in [4.78, 5) is 23.8. The minimum atomic E-state index is -1.08. The highest BCUT2D eigenvalue weighted by Gasteiger charge is 2.49. The molecular weight excluding hydrogens is 198 g/mol. The Morgan fingerprint density at radius 2 is 2.33 bits per heavy atom. The molecule has 0 bridgehead atoms. The number of hydrogen-bond acceptors (Lipinski definition) is 3. The van der Waals surface area contributed by atoms with Crippen molar-refractivity contribution in [2.24, 2.45) is 0 Å². The molecule has 5 nitrogen and oxygen atoms in total. The van der Waals surface area contributed by atoms with Crippen molar-refractivity contribution in [3.05, 3.63) is 12.7 Å². The van der Waals surface area contributed by atoms with Gasteiger partial charge in [0.15, 0.2) is 0 Å². The van der Waals surface area contributed by atoms with Crippen LogP contribution in [0, 0.1) is 0 Å². The van der Waals surface area contributed by atoms with Crippen molar-refractivity contribution in [3.8, 4) is 0 Å². The lowest BCUT2D eigenvalue weighted by Gasteiger charge is -2.32. The molecule has 0 aromatic rings. The van der Waals surface area contributed by atoms with Gasteiger partial charge in [0.25, 0.3) is 0 Å². The Bertz CT molecular complexity index is 289. The van der Waals surface area contributed by atoms with Crippen LogP contribution in [-0.2, 0) is 9.53 Å². The summed E-state index contributed by atoms with van der Waals surface area (Å²) in [5.41, 5.74) is -1.05. The van der Waals surface area contributed by atoms with Crippen molar-refractivity contribution < 1.29 is 19.4 Å². The first-order chi connectivity index (χ1) is 7.08. The van der Waals surface area contributed by atoms with Gasteiger partial charge in [0.1, 0.15) is 5.54 Å². The molecule has 0 spiro atoms. The van der Waals surface area contributed by atoms with Crippen molar-refractivity contribution in [2.75, 3.05) is 13.7 Å². The first-order valence-electron chi connectivity index (χ1n) is 4.78. The van der Waals surface area contributed by atoms with Crippen LogP contribution in [0.3, 0.4) is 0 Å². The van der Waals surface area contributed by atoms with Crippen LogP contribution < -0.4 is 0 Å². The number of nitrogens with zero attached hydrogens (tertiary/aromatic N) is 1. The maximum atomic E-state index is 11.7. The van der Waals surface area contributed by atoms with Gasteiger partial charge in [-0.1, -0.05) is 6.08 Å². The quantitative estimate of drug-likeness (QED) is 0.566. The molecule has 5 heteroatoms. The molecule has 0 aliphatic carbocycles. The minimum absolute atomic E-state index is 0.298. The van der Waals surface area contributed by atoms with Crippen molar-refractivity contribution >= 4 is 12.1 Å². The first-order valence-corrected chi connectivity index (χ1v) is 4.78. The Labute approximate surface area is 88.3 Å². The number of carbonyl (C=O) groups is 2. The summed E-state index contributed by atoms with van der Waals surface area (Å²) in [6.45, 7) is 3.93. The molecule has 1 heterocycles. The Balaban J connectivity index is 3.02. The smallest absolute Gasteiger partial charge is 0.408 e. The maximum absolute atomic E-state index is 11.7. The van der Waals surface area contributed by atoms with E-state index in [0.717, 1.165) is 4.90 Å². The zero-order valence-electron chi connectivity index (χ0n) is 8.73. The van der Waals surface area contributed by atoms with E-state index in [-0.39, 0.29) is 0 Å². The summed E-state index contributed by atoms with van der Waals surface area (Å²) in [6, 6.07) is 0. The van der Waals surface area contributed by atoms with Gasteiger partial charge in [-0.05, 0) is 19.3 Å². The number of carboxylic acid groups (broad SMARTS) is 1. The van der Waals surface area contributed by atoms with Gasteiger partial charge in [0.05, 0.1) is 7.11 Å². The summed E-state index contributed by atoms with van der Waals surface area (Å²) in [7, 11) is 1.27. The van der Waals surface area contributed by atoms with Crippen molar-refractivity contribution in [3.63, 3.8) is 0 Å². The summed E-state index contributed by atoms with van der Waals surface area (Å²) < 4.78 is 4.68.